The molecule has 0 aromatic heterocycles. The molecule has 0 aliphatic carbocycles. The molecule has 5 heteroatoms. The van der Waals surface area contributed by atoms with Gasteiger partial charge in [0, 0.05) is 12.3 Å². The summed E-state index contributed by atoms with van der Waals surface area (Å²) in [5.41, 5.74) is 1.66. The number of hydrogen-bond donors (Lipinski definition) is 1. The van der Waals surface area contributed by atoms with Gasteiger partial charge in [-0.05, 0) is 49.6 Å². The first-order valence-corrected chi connectivity index (χ1v) is 8.04. The van der Waals surface area contributed by atoms with E-state index in [0.29, 0.717) is 23.6 Å². The zero-order valence-electron chi connectivity index (χ0n) is 13.5. The number of hydrogen-bond acceptors (Lipinski definition) is 3. The largest absolute Gasteiger partial charge is 0.490 e. The Balaban J connectivity index is 1.73. The van der Waals surface area contributed by atoms with Crippen LogP contribution in [-0.4, -0.2) is 25.2 Å². The average molecular weight is 329 g/mol. The Morgan fingerprint density at radius 2 is 2.17 bits per heavy atom. The van der Waals surface area contributed by atoms with Crippen LogP contribution in [0.3, 0.4) is 0 Å². The molecule has 4 nitrogen and oxygen atoms in total. The quantitative estimate of drug-likeness (QED) is 0.904. The highest BCUT2D eigenvalue weighted by Crippen LogP contribution is 2.23. The molecule has 1 aliphatic rings. The lowest BCUT2D eigenvalue weighted by atomic mass is 10.1. The van der Waals surface area contributed by atoms with E-state index in [-0.39, 0.29) is 17.8 Å². The van der Waals surface area contributed by atoms with Gasteiger partial charge in [0.1, 0.15) is 18.2 Å². The number of aryl methyl sites for hydroxylation is 1. The van der Waals surface area contributed by atoms with Gasteiger partial charge in [-0.15, -0.1) is 0 Å². The van der Waals surface area contributed by atoms with Crippen LogP contribution < -0.4 is 10.1 Å². The number of benzene rings is 2. The molecule has 2 aromatic rings. The Morgan fingerprint density at radius 3 is 2.96 bits per heavy atom. The van der Waals surface area contributed by atoms with Gasteiger partial charge in [0.05, 0.1) is 11.7 Å². The number of carbonyl (C=O) groups excluding carboxylic acids is 1. The minimum absolute atomic E-state index is 0.0755. The zero-order valence-corrected chi connectivity index (χ0v) is 13.5. The van der Waals surface area contributed by atoms with Crippen molar-refractivity contribution in [3.63, 3.8) is 0 Å². The Bertz CT molecular complexity index is 726. The highest BCUT2D eigenvalue weighted by Gasteiger charge is 2.18. The molecule has 0 radical (unpaired) electrons. The number of carbonyl (C=O) groups is 1. The Labute approximate surface area is 140 Å². The predicted octanol–water partition coefficient (Wildman–Crippen LogP) is 3.94. The second-order valence-electron chi connectivity index (χ2n) is 5.86. The van der Waals surface area contributed by atoms with Crippen molar-refractivity contribution in [1.82, 2.24) is 0 Å². The summed E-state index contributed by atoms with van der Waals surface area (Å²) in [6.07, 6.45) is 2.08. The number of rotatable bonds is 5. The lowest BCUT2D eigenvalue weighted by Crippen LogP contribution is -2.19. The first-order chi connectivity index (χ1) is 11.6. The molecule has 1 heterocycles. The summed E-state index contributed by atoms with van der Waals surface area (Å²) in [6.45, 7) is 2.99. The highest BCUT2D eigenvalue weighted by molar-refractivity contribution is 6.06. The minimum atomic E-state index is -0.390. The van der Waals surface area contributed by atoms with Crippen LogP contribution in [0.4, 0.5) is 10.1 Å². The lowest BCUT2D eigenvalue weighted by molar-refractivity contribution is 0.0673. The van der Waals surface area contributed by atoms with E-state index in [1.165, 1.54) is 12.1 Å². The number of amides is 1. The fourth-order valence-electron chi connectivity index (χ4n) is 2.66. The van der Waals surface area contributed by atoms with Gasteiger partial charge in [-0.1, -0.05) is 18.2 Å². The maximum absolute atomic E-state index is 13.4. The molecule has 0 unspecified atom stereocenters. The number of anilines is 1. The molecule has 3 rings (SSSR count). The molecular formula is C19H20FNO3. The first-order valence-electron chi connectivity index (χ1n) is 8.04. The minimum Gasteiger partial charge on any atom is -0.490 e. The topological polar surface area (TPSA) is 47.6 Å². The summed E-state index contributed by atoms with van der Waals surface area (Å²) >= 11 is 0. The van der Waals surface area contributed by atoms with Gasteiger partial charge in [0.15, 0.2) is 0 Å². The SMILES string of the molecule is Cc1ccc(F)cc1NC(=O)c1ccccc1OC[C@@H]1CCCO1. The summed E-state index contributed by atoms with van der Waals surface area (Å²) in [5, 5.41) is 2.75. The first kappa shape index (κ1) is 16.5. The van der Waals surface area contributed by atoms with Crippen LogP contribution in [0.5, 0.6) is 5.75 Å². The maximum atomic E-state index is 13.4. The summed E-state index contributed by atoms with van der Waals surface area (Å²) in [4.78, 5) is 12.5. The van der Waals surface area contributed by atoms with E-state index in [4.69, 9.17) is 9.47 Å². The van der Waals surface area contributed by atoms with E-state index >= 15 is 0 Å². The maximum Gasteiger partial charge on any atom is 0.259 e. The van der Waals surface area contributed by atoms with Crippen LogP contribution in [0.25, 0.3) is 0 Å². The molecule has 2 aromatic carbocycles. The Kier molecular flexibility index (Phi) is 5.11. The molecule has 0 bridgehead atoms. The van der Waals surface area contributed by atoms with E-state index in [9.17, 15) is 9.18 Å². The monoisotopic (exact) mass is 329 g/mol. The van der Waals surface area contributed by atoms with Crippen molar-refractivity contribution in [3.05, 3.63) is 59.4 Å². The normalized spacial score (nSPS) is 16.8. The van der Waals surface area contributed by atoms with Crippen molar-refractivity contribution in [1.29, 1.82) is 0 Å². The standard InChI is InChI=1S/C19H20FNO3/c1-13-8-9-14(20)11-17(13)21-19(22)16-6-2-3-7-18(16)24-12-15-5-4-10-23-15/h2-3,6-9,11,15H,4-5,10,12H2,1H3,(H,21,22)/t15-/m0/s1. The van der Waals surface area contributed by atoms with Crippen LogP contribution in [-0.2, 0) is 4.74 Å². The molecule has 1 aliphatic heterocycles. The van der Waals surface area contributed by atoms with E-state index < -0.39 is 0 Å². The van der Waals surface area contributed by atoms with E-state index in [1.54, 1.807) is 24.3 Å². The van der Waals surface area contributed by atoms with Gasteiger partial charge in [0.25, 0.3) is 5.91 Å². The van der Waals surface area contributed by atoms with Gasteiger partial charge < -0.3 is 14.8 Å². The summed E-state index contributed by atoms with van der Waals surface area (Å²) < 4.78 is 24.7. The van der Waals surface area contributed by atoms with Gasteiger partial charge in [0.2, 0.25) is 0 Å². The van der Waals surface area contributed by atoms with Crippen LogP contribution >= 0.6 is 0 Å². The molecule has 0 spiro atoms. The van der Waals surface area contributed by atoms with E-state index in [2.05, 4.69) is 5.32 Å². The average Bonchev–Trinajstić information content (AvgIpc) is 3.10. The third kappa shape index (κ3) is 3.92. The molecule has 24 heavy (non-hydrogen) atoms. The molecule has 1 saturated heterocycles. The molecule has 0 saturated carbocycles. The van der Waals surface area contributed by atoms with Crippen LogP contribution in [0, 0.1) is 12.7 Å². The van der Waals surface area contributed by atoms with E-state index in [1.807, 2.05) is 13.0 Å². The van der Waals surface area contributed by atoms with Gasteiger partial charge in [-0.2, -0.15) is 0 Å². The van der Waals surface area contributed by atoms with E-state index in [0.717, 1.165) is 25.0 Å². The van der Waals surface area contributed by atoms with Gasteiger partial charge in [-0.25, -0.2) is 4.39 Å². The fourth-order valence-corrected chi connectivity index (χ4v) is 2.66. The van der Waals surface area contributed by atoms with Gasteiger partial charge >= 0.3 is 0 Å². The Hall–Kier alpha value is -2.40. The summed E-state index contributed by atoms with van der Waals surface area (Å²) in [5.74, 6) is -0.218. The highest BCUT2D eigenvalue weighted by atomic mass is 19.1. The molecule has 1 amide bonds. The summed E-state index contributed by atoms with van der Waals surface area (Å²) in [6, 6.07) is 11.3. The lowest BCUT2D eigenvalue weighted by Gasteiger charge is -2.15. The van der Waals surface area contributed by atoms with Crippen molar-refractivity contribution < 1.29 is 18.7 Å². The number of nitrogens with one attached hydrogen (secondary N) is 1. The second kappa shape index (κ2) is 7.45. The second-order valence-corrected chi connectivity index (χ2v) is 5.86. The number of ether oxygens (including phenoxy) is 2. The molecule has 1 atom stereocenters. The van der Waals surface area contributed by atoms with Crippen molar-refractivity contribution >= 4 is 11.6 Å². The van der Waals surface area contributed by atoms with Crippen LogP contribution in [0.2, 0.25) is 0 Å². The third-order valence-corrected chi connectivity index (χ3v) is 4.03. The predicted molar refractivity (Wildman–Crippen MR) is 90.0 cm³/mol. The van der Waals surface area contributed by atoms with Crippen molar-refractivity contribution in [2.24, 2.45) is 0 Å². The smallest absolute Gasteiger partial charge is 0.259 e. The molecule has 126 valence electrons. The third-order valence-electron chi connectivity index (χ3n) is 4.03. The Morgan fingerprint density at radius 1 is 1.33 bits per heavy atom. The van der Waals surface area contributed by atoms with Crippen LogP contribution in [0.15, 0.2) is 42.5 Å². The van der Waals surface area contributed by atoms with Crippen molar-refractivity contribution in [3.8, 4) is 5.75 Å². The fraction of sp³-hybridized carbons (Fsp3) is 0.316. The van der Waals surface area contributed by atoms with Crippen molar-refractivity contribution in [2.45, 2.75) is 25.9 Å². The summed E-state index contributed by atoms with van der Waals surface area (Å²) in [7, 11) is 0. The van der Waals surface area contributed by atoms with Crippen molar-refractivity contribution in [2.75, 3.05) is 18.5 Å². The number of halogens is 1. The van der Waals surface area contributed by atoms with Crippen LogP contribution in [0.1, 0.15) is 28.8 Å². The molecular weight excluding hydrogens is 309 g/mol. The zero-order chi connectivity index (χ0) is 16.9. The molecule has 1 N–H and O–H groups in total. The molecule has 1 fully saturated rings. The van der Waals surface area contributed by atoms with Gasteiger partial charge in [-0.3, -0.25) is 4.79 Å². The number of para-hydroxylation sites is 1.